The monoisotopic (exact) mass is 355 g/mol. The molecular formula is C19H17NO4S. The van der Waals surface area contributed by atoms with Crippen molar-refractivity contribution in [2.45, 2.75) is 13.8 Å². The zero-order valence-corrected chi connectivity index (χ0v) is 14.9. The van der Waals surface area contributed by atoms with Crippen LogP contribution in [0.4, 0.5) is 5.00 Å². The van der Waals surface area contributed by atoms with Crippen molar-refractivity contribution in [2.75, 3.05) is 12.4 Å². The number of ether oxygens (including phenoxy) is 2. The Balaban J connectivity index is 1.92. The van der Waals surface area contributed by atoms with E-state index in [9.17, 15) is 9.59 Å². The maximum Gasteiger partial charge on any atom is 0.341 e. The Hall–Kier alpha value is -2.86. The van der Waals surface area contributed by atoms with Crippen molar-refractivity contribution in [3.63, 3.8) is 0 Å². The van der Waals surface area contributed by atoms with Gasteiger partial charge in [0.05, 0.1) is 18.9 Å². The highest BCUT2D eigenvalue weighted by atomic mass is 32.1. The predicted octanol–water partition coefficient (Wildman–Crippen LogP) is 4.08. The smallest absolute Gasteiger partial charge is 0.341 e. The normalized spacial score (nSPS) is 12.5. The number of benzene rings is 1. The number of fused-ring (bicyclic) bond motifs is 1. The molecule has 128 valence electrons. The molecular weight excluding hydrogens is 338 g/mol. The van der Waals surface area contributed by atoms with Gasteiger partial charge in [-0.25, -0.2) is 4.79 Å². The van der Waals surface area contributed by atoms with E-state index in [1.165, 1.54) is 24.7 Å². The van der Waals surface area contributed by atoms with E-state index < -0.39 is 5.97 Å². The molecule has 6 heteroatoms. The molecule has 0 aliphatic carbocycles. The quantitative estimate of drug-likeness (QED) is 0.843. The highest BCUT2D eigenvalue weighted by Crippen LogP contribution is 2.33. The molecule has 5 nitrogen and oxygen atoms in total. The number of methoxy groups -OCH3 is 1. The van der Waals surface area contributed by atoms with Gasteiger partial charge in [-0.2, -0.15) is 0 Å². The van der Waals surface area contributed by atoms with Gasteiger partial charge in [0, 0.05) is 16.0 Å². The standard InChI is InChI=1S/C19H17NO4S/c1-11-12(2)25-18(16(11)19(22)23-3)20-17(21)14-8-9-24-15-7-5-4-6-13(15)10-14/h4-10H,1-3H3,(H,20,21). The fraction of sp³-hybridized carbons (Fsp3) is 0.158. The van der Waals surface area contributed by atoms with Gasteiger partial charge in [0.1, 0.15) is 10.8 Å². The van der Waals surface area contributed by atoms with Crippen molar-refractivity contribution < 1.29 is 19.1 Å². The molecule has 1 amide bonds. The van der Waals surface area contributed by atoms with E-state index in [1.54, 1.807) is 12.2 Å². The fourth-order valence-corrected chi connectivity index (χ4v) is 3.53. The number of carbonyl (C=O) groups excluding carboxylic acids is 2. The lowest BCUT2D eigenvalue weighted by Crippen LogP contribution is -2.15. The second-order valence-electron chi connectivity index (χ2n) is 5.49. The van der Waals surface area contributed by atoms with E-state index >= 15 is 0 Å². The van der Waals surface area contributed by atoms with E-state index in [1.807, 2.05) is 38.1 Å². The first-order valence-electron chi connectivity index (χ1n) is 7.65. The average Bonchev–Trinajstić information content (AvgIpc) is 2.78. The van der Waals surface area contributed by atoms with Crippen LogP contribution < -0.4 is 10.1 Å². The SMILES string of the molecule is COC(=O)c1c(NC(=O)C2=Cc3ccccc3OC=C2)sc(C)c1C. The first kappa shape index (κ1) is 17.0. The van der Waals surface area contributed by atoms with Crippen LogP contribution in [-0.2, 0) is 9.53 Å². The molecule has 2 heterocycles. The van der Waals surface area contributed by atoms with E-state index in [-0.39, 0.29) is 5.91 Å². The number of rotatable bonds is 3. The van der Waals surface area contributed by atoms with Crippen molar-refractivity contribution in [2.24, 2.45) is 0 Å². The third kappa shape index (κ3) is 3.34. The minimum atomic E-state index is -0.462. The highest BCUT2D eigenvalue weighted by Gasteiger charge is 2.22. The summed E-state index contributed by atoms with van der Waals surface area (Å²) >= 11 is 1.35. The van der Waals surface area contributed by atoms with Gasteiger partial charge in [0.25, 0.3) is 5.91 Å². The molecule has 0 fully saturated rings. The molecule has 2 aromatic rings. The molecule has 1 aliphatic heterocycles. The molecule has 1 N–H and O–H groups in total. The first-order chi connectivity index (χ1) is 12.0. The van der Waals surface area contributed by atoms with Crippen molar-refractivity contribution in [3.05, 3.63) is 63.7 Å². The Morgan fingerprint density at radius 1 is 1.20 bits per heavy atom. The molecule has 1 aromatic heterocycles. The van der Waals surface area contributed by atoms with E-state index in [4.69, 9.17) is 9.47 Å². The van der Waals surface area contributed by atoms with Crippen LogP contribution in [0, 0.1) is 13.8 Å². The lowest BCUT2D eigenvalue weighted by Gasteiger charge is -2.06. The highest BCUT2D eigenvalue weighted by molar-refractivity contribution is 7.16. The first-order valence-corrected chi connectivity index (χ1v) is 8.46. The molecule has 3 rings (SSSR count). The number of nitrogens with one attached hydrogen (secondary N) is 1. The number of carbonyl (C=O) groups is 2. The molecule has 0 spiro atoms. The lowest BCUT2D eigenvalue weighted by molar-refractivity contribution is -0.112. The fourth-order valence-electron chi connectivity index (χ4n) is 2.48. The summed E-state index contributed by atoms with van der Waals surface area (Å²) in [5.41, 5.74) is 2.45. The molecule has 0 radical (unpaired) electrons. The van der Waals surface area contributed by atoms with Gasteiger partial charge in [0.15, 0.2) is 0 Å². The zero-order chi connectivity index (χ0) is 18.0. The second kappa shape index (κ2) is 6.94. The van der Waals surface area contributed by atoms with Crippen LogP contribution in [-0.4, -0.2) is 19.0 Å². The van der Waals surface area contributed by atoms with Crippen LogP contribution >= 0.6 is 11.3 Å². The molecule has 0 atom stereocenters. The number of aryl methyl sites for hydroxylation is 1. The Morgan fingerprint density at radius 2 is 1.96 bits per heavy atom. The molecule has 0 saturated heterocycles. The van der Waals surface area contributed by atoms with Crippen LogP contribution in [0.1, 0.15) is 26.4 Å². The summed E-state index contributed by atoms with van der Waals surface area (Å²) in [5, 5.41) is 3.31. The summed E-state index contributed by atoms with van der Waals surface area (Å²) in [6.07, 6.45) is 4.82. The number of hydrogen-bond acceptors (Lipinski definition) is 5. The number of para-hydroxylation sites is 1. The molecule has 1 aliphatic rings. The number of anilines is 1. The van der Waals surface area contributed by atoms with E-state index in [0.29, 0.717) is 21.9 Å². The van der Waals surface area contributed by atoms with Crippen LogP contribution in [0.3, 0.4) is 0 Å². The van der Waals surface area contributed by atoms with Crippen molar-refractivity contribution >= 4 is 34.3 Å². The van der Waals surface area contributed by atoms with Gasteiger partial charge in [-0.15, -0.1) is 11.3 Å². The zero-order valence-electron chi connectivity index (χ0n) is 14.1. The number of amides is 1. The Kier molecular flexibility index (Phi) is 4.72. The Labute approximate surface area is 149 Å². The van der Waals surface area contributed by atoms with Crippen LogP contribution in [0.5, 0.6) is 5.75 Å². The largest absolute Gasteiger partial charge is 0.465 e. The van der Waals surface area contributed by atoms with Gasteiger partial charge >= 0.3 is 5.97 Å². The predicted molar refractivity (Wildman–Crippen MR) is 97.9 cm³/mol. The van der Waals surface area contributed by atoms with Crippen molar-refractivity contribution in [1.29, 1.82) is 0 Å². The second-order valence-corrected chi connectivity index (χ2v) is 6.72. The van der Waals surface area contributed by atoms with Gasteiger partial charge in [-0.05, 0) is 37.6 Å². The lowest BCUT2D eigenvalue weighted by atomic mass is 10.1. The van der Waals surface area contributed by atoms with Crippen molar-refractivity contribution in [1.82, 2.24) is 0 Å². The molecule has 0 saturated carbocycles. The Bertz CT molecular complexity index is 908. The number of esters is 1. The molecule has 0 unspecified atom stereocenters. The van der Waals surface area contributed by atoms with Crippen LogP contribution in [0.2, 0.25) is 0 Å². The molecule has 25 heavy (non-hydrogen) atoms. The van der Waals surface area contributed by atoms with E-state index in [0.717, 1.165) is 16.0 Å². The van der Waals surface area contributed by atoms with Gasteiger partial charge < -0.3 is 14.8 Å². The van der Waals surface area contributed by atoms with Crippen LogP contribution in [0.15, 0.2) is 42.2 Å². The minimum absolute atomic E-state index is 0.317. The van der Waals surface area contributed by atoms with Gasteiger partial charge in [-0.1, -0.05) is 18.2 Å². The van der Waals surface area contributed by atoms with Gasteiger partial charge in [0.2, 0.25) is 0 Å². The van der Waals surface area contributed by atoms with Crippen LogP contribution in [0.25, 0.3) is 6.08 Å². The summed E-state index contributed by atoms with van der Waals surface area (Å²) in [5.74, 6) is -0.0983. The summed E-state index contributed by atoms with van der Waals surface area (Å²) in [6.45, 7) is 3.74. The number of thiophene rings is 1. The summed E-state index contributed by atoms with van der Waals surface area (Å²) < 4.78 is 10.3. The minimum Gasteiger partial charge on any atom is -0.465 e. The van der Waals surface area contributed by atoms with Crippen molar-refractivity contribution in [3.8, 4) is 5.75 Å². The topological polar surface area (TPSA) is 64.6 Å². The molecule has 0 bridgehead atoms. The third-order valence-corrected chi connectivity index (χ3v) is 5.06. The maximum atomic E-state index is 12.7. The Morgan fingerprint density at radius 3 is 2.72 bits per heavy atom. The number of hydrogen-bond donors (Lipinski definition) is 1. The average molecular weight is 355 g/mol. The molecule has 1 aromatic carbocycles. The summed E-state index contributed by atoms with van der Waals surface area (Å²) in [7, 11) is 1.32. The summed E-state index contributed by atoms with van der Waals surface area (Å²) in [6, 6.07) is 7.44. The van der Waals surface area contributed by atoms with Gasteiger partial charge in [-0.3, -0.25) is 4.79 Å². The van der Waals surface area contributed by atoms with E-state index in [2.05, 4.69) is 5.32 Å². The maximum absolute atomic E-state index is 12.7. The third-order valence-electron chi connectivity index (χ3n) is 3.94. The summed E-state index contributed by atoms with van der Waals surface area (Å²) in [4.78, 5) is 25.7.